The van der Waals surface area contributed by atoms with Crippen LogP contribution in [0, 0.1) is 34.5 Å². The van der Waals surface area contributed by atoms with Gasteiger partial charge in [0.25, 0.3) is 0 Å². The smallest absolute Gasteiger partial charge is 0.338 e. The van der Waals surface area contributed by atoms with E-state index in [0.717, 1.165) is 19.3 Å². The van der Waals surface area contributed by atoms with Crippen molar-refractivity contribution in [3.05, 3.63) is 35.4 Å². The maximum absolute atomic E-state index is 13.1. The first-order valence-electron chi connectivity index (χ1n) is 9.24. The lowest BCUT2D eigenvalue weighted by molar-refractivity contribution is -0.152. The zero-order chi connectivity index (χ0) is 17.6. The number of esters is 1. The molecule has 5 rings (SSSR count). The Hall–Kier alpha value is -2.15. The second-order valence-electron chi connectivity index (χ2n) is 8.30. The van der Waals surface area contributed by atoms with Crippen molar-refractivity contribution < 1.29 is 14.3 Å². The SMILES string of the molecule is CC(OC(=O)c1ccc(C#N)cc1)C(=O)C12CC3CC(CC(C3)C1)C2. The number of carbonyl (C=O) groups is 2. The summed E-state index contributed by atoms with van der Waals surface area (Å²) < 4.78 is 5.49. The van der Waals surface area contributed by atoms with Gasteiger partial charge in [-0.1, -0.05) is 0 Å². The molecule has 4 nitrogen and oxygen atoms in total. The van der Waals surface area contributed by atoms with E-state index in [1.165, 1.54) is 19.3 Å². The maximum atomic E-state index is 13.1. The lowest BCUT2D eigenvalue weighted by Crippen LogP contribution is -2.52. The highest BCUT2D eigenvalue weighted by molar-refractivity contribution is 5.94. The fourth-order valence-electron chi connectivity index (χ4n) is 5.81. The number of benzene rings is 1. The number of rotatable bonds is 4. The van der Waals surface area contributed by atoms with Gasteiger partial charge in [-0.25, -0.2) is 4.79 Å². The molecule has 4 aliphatic rings. The molecule has 0 aliphatic heterocycles. The van der Waals surface area contributed by atoms with Gasteiger partial charge < -0.3 is 4.74 Å². The highest BCUT2D eigenvalue weighted by Gasteiger charge is 2.55. The predicted molar refractivity (Wildman–Crippen MR) is 91.6 cm³/mol. The van der Waals surface area contributed by atoms with Crippen molar-refractivity contribution >= 4 is 11.8 Å². The fraction of sp³-hybridized carbons (Fsp3) is 0.571. The number of nitrogens with zero attached hydrogens (tertiary/aromatic N) is 1. The summed E-state index contributed by atoms with van der Waals surface area (Å²) in [5, 5.41) is 8.83. The van der Waals surface area contributed by atoms with Crippen LogP contribution in [0.5, 0.6) is 0 Å². The first-order valence-corrected chi connectivity index (χ1v) is 9.24. The Morgan fingerprint density at radius 2 is 1.60 bits per heavy atom. The van der Waals surface area contributed by atoms with Gasteiger partial charge in [-0.05, 0) is 87.5 Å². The van der Waals surface area contributed by atoms with E-state index in [4.69, 9.17) is 10.00 Å². The molecule has 4 fully saturated rings. The first-order chi connectivity index (χ1) is 12.0. The van der Waals surface area contributed by atoms with Crippen LogP contribution in [0.2, 0.25) is 0 Å². The molecule has 1 unspecified atom stereocenters. The molecule has 4 heteroatoms. The van der Waals surface area contributed by atoms with Gasteiger partial charge in [0, 0.05) is 5.41 Å². The molecule has 4 saturated carbocycles. The van der Waals surface area contributed by atoms with E-state index >= 15 is 0 Å². The van der Waals surface area contributed by atoms with Gasteiger partial charge in [0.05, 0.1) is 17.2 Å². The molecule has 1 atom stereocenters. The number of nitriles is 1. The number of ketones is 1. The monoisotopic (exact) mass is 337 g/mol. The second-order valence-corrected chi connectivity index (χ2v) is 8.30. The summed E-state index contributed by atoms with van der Waals surface area (Å²) in [5.74, 6) is 1.70. The zero-order valence-corrected chi connectivity index (χ0v) is 14.5. The number of hydrogen-bond acceptors (Lipinski definition) is 4. The Morgan fingerprint density at radius 1 is 1.08 bits per heavy atom. The van der Waals surface area contributed by atoms with Gasteiger partial charge in [-0.3, -0.25) is 4.79 Å². The van der Waals surface area contributed by atoms with E-state index in [1.807, 2.05) is 6.07 Å². The van der Waals surface area contributed by atoms with Crippen LogP contribution in [-0.2, 0) is 9.53 Å². The van der Waals surface area contributed by atoms with Crippen molar-refractivity contribution in [1.29, 1.82) is 5.26 Å². The number of Topliss-reactive ketones (excluding diaryl/α,β-unsaturated/α-hetero) is 1. The molecule has 0 aromatic heterocycles. The number of hydrogen-bond donors (Lipinski definition) is 0. The Kier molecular flexibility index (Phi) is 3.91. The molecule has 1 aromatic carbocycles. The minimum absolute atomic E-state index is 0.119. The van der Waals surface area contributed by atoms with Gasteiger partial charge in [0.1, 0.15) is 0 Å². The quantitative estimate of drug-likeness (QED) is 0.782. The van der Waals surface area contributed by atoms with Crippen LogP contribution in [0.1, 0.15) is 61.4 Å². The summed E-state index contributed by atoms with van der Waals surface area (Å²) in [5.41, 5.74) is 0.623. The molecule has 0 spiro atoms. The third-order valence-electron chi connectivity index (χ3n) is 6.46. The lowest BCUT2D eigenvalue weighted by atomic mass is 9.48. The van der Waals surface area contributed by atoms with Crippen LogP contribution in [0.3, 0.4) is 0 Å². The largest absolute Gasteiger partial charge is 0.451 e. The van der Waals surface area contributed by atoms with E-state index < -0.39 is 12.1 Å². The van der Waals surface area contributed by atoms with E-state index in [0.29, 0.717) is 28.9 Å². The van der Waals surface area contributed by atoms with Gasteiger partial charge >= 0.3 is 5.97 Å². The molecule has 0 saturated heterocycles. The first kappa shape index (κ1) is 16.3. The lowest BCUT2D eigenvalue weighted by Gasteiger charge is -2.56. The van der Waals surface area contributed by atoms with Crippen molar-refractivity contribution in [3.8, 4) is 6.07 Å². The molecular formula is C21H23NO3. The second kappa shape index (κ2) is 5.98. The number of ether oxygens (including phenoxy) is 1. The summed E-state index contributed by atoms with van der Waals surface area (Å²) in [4.78, 5) is 25.5. The van der Waals surface area contributed by atoms with Crippen molar-refractivity contribution in [1.82, 2.24) is 0 Å². The van der Waals surface area contributed by atoms with Crippen molar-refractivity contribution in [2.24, 2.45) is 23.2 Å². The van der Waals surface area contributed by atoms with E-state index in [1.54, 1.807) is 31.2 Å². The van der Waals surface area contributed by atoms with Crippen molar-refractivity contribution in [3.63, 3.8) is 0 Å². The summed E-state index contributed by atoms with van der Waals surface area (Å²) in [6.07, 6.45) is 6.09. The molecule has 0 heterocycles. The molecule has 1 aromatic rings. The summed E-state index contributed by atoms with van der Waals surface area (Å²) in [7, 11) is 0. The van der Waals surface area contributed by atoms with Crippen LogP contribution in [-0.4, -0.2) is 17.9 Å². The van der Waals surface area contributed by atoms with E-state index in [-0.39, 0.29) is 11.2 Å². The Morgan fingerprint density at radius 3 is 2.08 bits per heavy atom. The Labute approximate surface area is 148 Å². The highest BCUT2D eigenvalue weighted by atomic mass is 16.5. The number of carbonyl (C=O) groups excluding carboxylic acids is 2. The molecule has 0 amide bonds. The predicted octanol–water partition coefficient (Wildman–Crippen LogP) is 3.89. The Bertz CT molecular complexity index is 708. The van der Waals surface area contributed by atoms with Gasteiger partial charge in [0.15, 0.2) is 11.9 Å². The summed E-state index contributed by atoms with van der Waals surface area (Å²) in [6.45, 7) is 1.71. The third kappa shape index (κ3) is 2.86. The van der Waals surface area contributed by atoms with Gasteiger partial charge in [-0.15, -0.1) is 0 Å². The zero-order valence-electron chi connectivity index (χ0n) is 14.5. The Balaban J connectivity index is 1.45. The average molecular weight is 337 g/mol. The molecule has 0 radical (unpaired) electrons. The topological polar surface area (TPSA) is 67.2 Å². The molecule has 0 N–H and O–H groups in total. The third-order valence-corrected chi connectivity index (χ3v) is 6.46. The van der Waals surface area contributed by atoms with Crippen LogP contribution < -0.4 is 0 Å². The van der Waals surface area contributed by atoms with Gasteiger partial charge in [-0.2, -0.15) is 5.26 Å². The highest BCUT2D eigenvalue weighted by Crippen LogP contribution is 2.60. The van der Waals surface area contributed by atoms with Crippen LogP contribution in [0.4, 0.5) is 0 Å². The van der Waals surface area contributed by atoms with Crippen molar-refractivity contribution in [2.45, 2.75) is 51.6 Å². The normalized spacial score (nSPS) is 33.5. The van der Waals surface area contributed by atoms with Gasteiger partial charge in [0.2, 0.25) is 0 Å². The fourth-order valence-corrected chi connectivity index (χ4v) is 5.81. The molecule has 4 bridgehead atoms. The summed E-state index contributed by atoms with van der Waals surface area (Å²) in [6, 6.07) is 8.34. The average Bonchev–Trinajstić information content (AvgIpc) is 2.60. The van der Waals surface area contributed by atoms with Crippen LogP contribution in [0.15, 0.2) is 24.3 Å². The maximum Gasteiger partial charge on any atom is 0.338 e. The molecule has 4 aliphatic carbocycles. The minimum atomic E-state index is -0.709. The minimum Gasteiger partial charge on any atom is -0.451 e. The van der Waals surface area contributed by atoms with E-state index in [2.05, 4.69) is 0 Å². The molecular weight excluding hydrogens is 314 g/mol. The standard InChI is InChI=1S/C21H23NO3/c1-13(25-20(24)18-4-2-14(12-22)3-5-18)19(23)21-9-15-6-16(10-21)8-17(7-15)11-21/h2-5,13,15-17H,6-11H2,1H3. The van der Waals surface area contributed by atoms with Crippen molar-refractivity contribution in [2.75, 3.05) is 0 Å². The van der Waals surface area contributed by atoms with E-state index in [9.17, 15) is 9.59 Å². The van der Waals surface area contributed by atoms with Crippen LogP contribution in [0.25, 0.3) is 0 Å². The summed E-state index contributed by atoms with van der Waals surface area (Å²) >= 11 is 0. The van der Waals surface area contributed by atoms with Crippen LogP contribution >= 0.6 is 0 Å². The molecule has 130 valence electrons. The molecule has 25 heavy (non-hydrogen) atoms.